The molecule has 0 unspecified atom stereocenters. The molecule has 1 aromatic carbocycles. The normalized spacial score (nSPS) is 17.9. The third-order valence-corrected chi connectivity index (χ3v) is 3.69. The van der Waals surface area contributed by atoms with E-state index >= 15 is 0 Å². The lowest BCUT2D eigenvalue weighted by Crippen LogP contribution is -2.25. The van der Waals surface area contributed by atoms with Gasteiger partial charge in [0.15, 0.2) is 0 Å². The Kier molecular flexibility index (Phi) is 4.65. The largest absolute Gasteiger partial charge is 0.494 e. The Morgan fingerprint density at radius 1 is 1.06 bits per heavy atom. The lowest BCUT2D eigenvalue weighted by Gasteiger charge is -2.24. The number of aryl methyl sites for hydroxylation is 1. The van der Waals surface area contributed by atoms with E-state index in [0.29, 0.717) is 0 Å². The van der Waals surface area contributed by atoms with E-state index in [4.69, 9.17) is 9.47 Å². The van der Waals surface area contributed by atoms with Crippen molar-refractivity contribution >= 4 is 0 Å². The number of hydrogen-bond acceptors (Lipinski definition) is 2. The molecule has 0 atom stereocenters. The number of ether oxygens (including phenoxy) is 2. The van der Waals surface area contributed by atoms with Gasteiger partial charge in [-0.25, -0.2) is 0 Å². The average molecular weight is 248 g/mol. The minimum atomic E-state index is 0.143. The van der Waals surface area contributed by atoms with Crippen molar-refractivity contribution < 1.29 is 9.47 Å². The molecule has 1 aromatic rings. The monoisotopic (exact) mass is 248 g/mol. The Bertz CT molecular complexity index is 350. The highest BCUT2D eigenvalue weighted by Gasteiger charge is 2.28. The number of rotatable bonds is 6. The van der Waals surface area contributed by atoms with Crippen LogP contribution in [0.2, 0.25) is 0 Å². The van der Waals surface area contributed by atoms with E-state index in [9.17, 15) is 0 Å². The van der Waals surface area contributed by atoms with Crippen molar-refractivity contribution in [1.29, 1.82) is 0 Å². The Morgan fingerprint density at radius 3 is 2.39 bits per heavy atom. The minimum Gasteiger partial charge on any atom is -0.494 e. The van der Waals surface area contributed by atoms with Gasteiger partial charge in [-0.05, 0) is 38.8 Å². The first-order valence-corrected chi connectivity index (χ1v) is 7.01. The summed E-state index contributed by atoms with van der Waals surface area (Å²) in [6, 6.07) is 8.19. The quantitative estimate of drug-likeness (QED) is 0.705. The van der Waals surface area contributed by atoms with Gasteiger partial charge in [0.2, 0.25) is 0 Å². The van der Waals surface area contributed by atoms with E-state index < -0.39 is 0 Å². The van der Waals surface area contributed by atoms with Crippen molar-refractivity contribution in [3.63, 3.8) is 0 Å². The van der Waals surface area contributed by atoms with Gasteiger partial charge < -0.3 is 9.47 Å². The van der Waals surface area contributed by atoms with E-state index in [1.807, 2.05) is 12.1 Å². The van der Waals surface area contributed by atoms with Gasteiger partial charge >= 0.3 is 0 Å². The van der Waals surface area contributed by atoms with E-state index in [0.717, 1.165) is 25.4 Å². The standard InChI is InChI=1S/C16H24O2/c1-14-6-8-15(9-7-14)17-12-5-13-18-16(2)10-3-4-11-16/h6-9H,3-5,10-13H2,1-2H3. The Labute approximate surface area is 110 Å². The SMILES string of the molecule is Cc1ccc(OCCCOC2(C)CCCC2)cc1. The third kappa shape index (κ3) is 4.02. The van der Waals surface area contributed by atoms with Gasteiger partial charge in [-0.2, -0.15) is 0 Å². The molecular formula is C16H24O2. The van der Waals surface area contributed by atoms with Crippen LogP contribution in [0.1, 0.15) is 44.6 Å². The summed E-state index contributed by atoms with van der Waals surface area (Å²) in [4.78, 5) is 0. The van der Waals surface area contributed by atoms with Gasteiger partial charge in [-0.1, -0.05) is 30.5 Å². The molecule has 0 radical (unpaired) electrons. The van der Waals surface area contributed by atoms with Crippen molar-refractivity contribution in [2.24, 2.45) is 0 Å². The molecule has 2 rings (SSSR count). The molecule has 0 aromatic heterocycles. The van der Waals surface area contributed by atoms with Gasteiger partial charge in [-0.3, -0.25) is 0 Å². The molecule has 0 spiro atoms. The average Bonchev–Trinajstić information content (AvgIpc) is 2.78. The number of benzene rings is 1. The Morgan fingerprint density at radius 2 is 1.72 bits per heavy atom. The second-order valence-electron chi connectivity index (χ2n) is 5.52. The molecule has 1 saturated carbocycles. The maximum Gasteiger partial charge on any atom is 0.119 e. The summed E-state index contributed by atoms with van der Waals surface area (Å²) in [6.07, 6.45) is 6.02. The zero-order valence-electron chi connectivity index (χ0n) is 11.6. The molecular weight excluding hydrogens is 224 g/mol. The second kappa shape index (κ2) is 6.24. The van der Waals surface area contributed by atoms with Crippen molar-refractivity contribution in [2.45, 2.75) is 51.6 Å². The molecule has 18 heavy (non-hydrogen) atoms. The fourth-order valence-electron chi connectivity index (χ4n) is 2.47. The summed E-state index contributed by atoms with van der Waals surface area (Å²) < 4.78 is 11.6. The van der Waals surface area contributed by atoms with Crippen molar-refractivity contribution in [1.82, 2.24) is 0 Å². The molecule has 0 bridgehead atoms. The molecule has 0 amide bonds. The second-order valence-corrected chi connectivity index (χ2v) is 5.52. The highest BCUT2D eigenvalue weighted by atomic mass is 16.5. The fourth-order valence-corrected chi connectivity index (χ4v) is 2.47. The molecule has 2 heteroatoms. The predicted molar refractivity (Wildman–Crippen MR) is 74.1 cm³/mol. The molecule has 0 saturated heterocycles. The first kappa shape index (κ1) is 13.4. The lowest BCUT2D eigenvalue weighted by molar-refractivity contribution is -0.0301. The summed E-state index contributed by atoms with van der Waals surface area (Å²) >= 11 is 0. The number of hydrogen-bond donors (Lipinski definition) is 0. The Hall–Kier alpha value is -1.02. The zero-order chi connectivity index (χ0) is 12.8. The first-order valence-electron chi connectivity index (χ1n) is 7.01. The van der Waals surface area contributed by atoms with E-state index in [1.165, 1.54) is 31.2 Å². The molecule has 1 fully saturated rings. The zero-order valence-corrected chi connectivity index (χ0v) is 11.6. The van der Waals surface area contributed by atoms with Crippen LogP contribution in [-0.2, 0) is 4.74 Å². The van der Waals surface area contributed by atoms with Crippen LogP contribution in [-0.4, -0.2) is 18.8 Å². The van der Waals surface area contributed by atoms with Crippen LogP contribution in [0.15, 0.2) is 24.3 Å². The van der Waals surface area contributed by atoms with Gasteiger partial charge in [0.25, 0.3) is 0 Å². The van der Waals surface area contributed by atoms with E-state index in [-0.39, 0.29) is 5.60 Å². The van der Waals surface area contributed by atoms with Crippen molar-refractivity contribution in [3.8, 4) is 5.75 Å². The molecule has 1 aliphatic rings. The highest BCUT2D eigenvalue weighted by Crippen LogP contribution is 2.32. The smallest absolute Gasteiger partial charge is 0.119 e. The molecule has 0 heterocycles. The predicted octanol–water partition coefficient (Wildman–Crippen LogP) is 4.11. The van der Waals surface area contributed by atoms with Crippen LogP contribution in [0.4, 0.5) is 0 Å². The van der Waals surface area contributed by atoms with Gasteiger partial charge in [-0.15, -0.1) is 0 Å². The minimum absolute atomic E-state index is 0.143. The maximum absolute atomic E-state index is 5.97. The van der Waals surface area contributed by atoms with Gasteiger partial charge in [0, 0.05) is 6.42 Å². The molecule has 2 nitrogen and oxygen atoms in total. The molecule has 1 aliphatic carbocycles. The van der Waals surface area contributed by atoms with Gasteiger partial charge in [0.05, 0.1) is 18.8 Å². The first-order chi connectivity index (χ1) is 8.68. The summed E-state index contributed by atoms with van der Waals surface area (Å²) in [5.74, 6) is 0.952. The molecule has 0 N–H and O–H groups in total. The summed E-state index contributed by atoms with van der Waals surface area (Å²) in [5, 5.41) is 0. The summed E-state index contributed by atoms with van der Waals surface area (Å²) in [7, 11) is 0. The van der Waals surface area contributed by atoms with Crippen LogP contribution in [0.3, 0.4) is 0 Å². The van der Waals surface area contributed by atoms with Crippen LogP contribution in [0.25, 0.3) is 0 Å². The maximum atomic E-state index is 5.97. The summed E-state index contributed by atoms with van der Waals surface area (Å²) in [5.41, 5.74) is 1.41. The van der Waals surface area contributed by atoms with E-state index in [1.54, 1.807) is 0 Å². The third-order valence-electron chi connectivity index (χ3n) is 3.69. The van der Waals surface area contributed by atoms with Crippen LogP contribution < -0.4 is 4.74 Å². The van der Waals surface area contributed by atoms with Crippen molar-refractivity contribution in [2.75, 3.05) is 13.2 Å². The van der Waals surface area contributed by atoms with Crippen LogP contribution in [0.5, 0.6) is 5.75 Å². The molecule has 0 aliphatic heterocycles. The summed E-state index contributed by atoms with van der Waals surface area (Å²) in [6.45, 7) is 5.86. The van der Waals surface area contributed by atoms with Crippen molar-refractivity contribution in [3.05, 3.63) is 29.8 Å². The topological polar surface area (TPSA) is 18.5 Å². The van der Waals surface area contributed by atoms with Gasteiger partial charge in [0.1, 0.15) is 5.75 Å². The molecule has 100 valence electrons. The Balaban J connectivity index is 1.60. The lowest BCUT2D eigenvalue weighted by atomic mass is 10.1. The van der Waals surface area contributed by atoms with E-state index in [2.05, 4.69) is 26.0 Å². The highest BCUT2D eigenvalue weighted by molar-refractivity contribution is 5.26. The van der Waals surface area contributed by atoms with Crippen LogP contribution in [0, 0.1) is 6.92 Å². The fraction of sp³-hybridized carbons (Fsp3) is 0.625. The van der Waals surface area contributed by atoms with Crippen LogP contribution >= 0.6 is 0 Å².